The standard InChI is InChI=1S/C32H46N2O2/c1-3-24(2)31(32(35)36)33-29-21-28(30(22-29)27-15-8-5-9-16-27)23-34-19-17-26(18-20-34)14-10-13-25-11-6-4-7-12-25/h4-9,11-12,15-16,24,26,28-31,33H,3,10,13-14,17-23H2,1-2H3,(H,35,36). The summed E-state index contributed by atoms with van der Waals surface area (Å²) in [5.41, 5.74) is 2.88. The maximum absolute atomic E-state index is 12.0. The van der Waals surface area contributed by atoms with Gasteiger partial charge in [0, 0.05) is 12.6 Å². The van der Waals surface area contributed by atoms with Gasteiger partial charge < -0.3 is 15.3 Å². The third kappa shape index (κ3) is 7.43. The Balaban J connectivity index is 1.30. The zero-order valence-electron chi connectivity index (χ0n) is 22.3. The van der Waals surface area contributed by atoms with Gasteiger partial charge in [0.2, 0.25) is 0 Å². The number of rotatable bonds is 12. The van der Waals surface area contributed by atoms with Gasteiger partial charge in [-0.1, -0.05) is 87.4 Å². The van der Waals surface area contributed by atoms with E-state index in [-0.39, 0.29) is 12.0 Å². The lowest BCUT2D eigenvalue weighted by Crippen LogP contribution is -2.46. The molecular weight excluding hydrogens is 444 g/mol. The van der Waals surface area contributed by atoms with Crippen molar-refractivity contribution in [3.63, 3.8) is 0 Å². The van der Waals surface area contributed by atoms with Crippen molar-refractivity contribution in [1.82, 2.24) is 10.2 Å². The molecule has 2 aliphatic rings. The van der Waals surface area contributed by atoms with Gasteiger partial charge in [0.25, 0.3) is 0 Å². The number of nitrogens with one attached hydrogen (secondary N) is 1. The van der Waals surface area contributed by atoms with E-state index in [2.05, 4.69) is 84.7 Å². The molecule has 5 unspecified atom stereocenters. The Morgan fingerprint density at radius 2 is 1.69 bits per heavy atom. The Kier molecular flexibility index (Phi) is 10.0. The number of likely N-dealkylation sites (tertiary alicyclic amines) is 1. The molecule has 1 aliphatic carbocycles. The second-order valence-corrected chi connectivity index (χ2v) is 11.4. The molecule has 1 aliphatic heterocycles. The molecule has 1 heterocycles. The molecule has 2 aromatic carbocycles. The Hall–Kier alpha value is -2.17. The first-order valence-corrected chi connectivity index (χ1v) is 14.3. The van der Waals surface area contributed by atoms with E-state index < -0.39 is 12.0 Å². The van der Waals surface area contributed by atoms with Crippen LogP contribution < -0.4 is 5.32 Å². The molecule has 196 valence electrons. The van der Waals surface area contributed by atoms with Gasteiger partial charge in [-0.05, 0) is 86.4 Å². The Labute approximate surface area is 218 Å². The predicted molar refractivity (Wildman–Crippen MR) is 148 cm³/mol. The Bertz CT molecular complexity index is 910. The number of hydrogen-bond donors (Lipinski definition) is 2. The largest absolute Gasteiger partial charge is 0.480 e. The zero-order chi connectivity index (χ0) is 25.3. The Morgan fingerprint density at radius 1 is 1.03 bits per heavy atom. The van der Waals surface area contributed by atoms with Gasteiger partial charge in [-0.3, -0.25) is 4.79 Å². The van der Waals surface area contributed by atoms with Gasteiger partial charge in [0.1, 0.15) is 6.04 Å². The quantitative estimate of drug-likeness (QED) is 0.363. The topological polar surface area (TPSA) is 52.6 Å². The van der Waals surface area contributed by atoms with Crippen LogP contribution in [0.5, 0.6) is 0 Å². The maximum Gasteiger partial charge on any atom is 0.320 e. The highest BCUT2D eigenvalue weighted by Crippen LogP contribution is 2.41. The van der Waals surface area contributed by atoms with Crippen molar-refractivity contribution in [3.05, 3.63) is 71.8 Å². The molecule has 4 heteroatoms. The molecule has 0 amide bonds. The number of nitrogens with zero attached hydrogens (tertiary/aromatic N) is 1. The lowest BCUT2D eigenvalue weighted by atomic mass is 9.87. The molecule has 0 radical (unpaired) electrons. The molecule has 0 spiro atoms. The first-order valence-electron chi connectivity index (χ1n) is 14.3. The molecule has 5 atom stereocenters. The van der Waals surface area contributed by atoms with E-state index >= 15 is 0 Å². The van der Waals surface area contributed by atoms with E-state index in [1.165, 1.54) is 56.3 Å². The van der Waals surface area contributed by atoms with Gasteiger partial charge in [-0.25, -0.2) is 0 Å². The van der Waals surface area contributed by atoms with Gasteiger partial charge in [-0.2, -0.15) is 0 Å². The molecule has 0 bridgehead atoms. The van der Waals surface area contributed by atoms with Crippen LogP contribution in [0.2, 0.25) is 0 Å². The average molecular weight is 491 g/mol. The SMILES string of the molecule is CCC(C)C(NC1CC(CN2CCC(CCCc3ccccc3)CC2)C(c2ccccc2)C1)C(=O)O. The number of carboxylic acids is 1. The summed E-state index contributed by atoms with van der Waals surface area (Å²) in [7, 11) is 0. The van der Waals surface area contributed by atoms with Crippen LogP contribution in [0.4, 0.5) is 0 Å². The van der Waals surface area contributed by atoms with Crippen molar-refractivity contribution >= 4 is 5.97 Å². The molecule has 2 aromatic rings. The summed E-state index contributed by atoms with van der Waals surface area (Å²) in [4.78, 5) is 14.6. The van der Waals surface area contributed by atoms with E-state index in [4.69, 9.17) is 0 Å². The second kappa shape index (κ2) is 13.4. The van der Waals surface area contributed by atoms with Crippen LogP contribution in [0.3, 0.4) is 0 Å². The first kappa shape index (κ1) is 26.9. The number of carboxylic acid groups (broad SMARTS) is 1. The fraction of sp³-hybridized carbons (Fsp3) is 0.594. The van der Waals surface area contributed by atoms with Crippen molar-refractivity contribution in [2.45, 2.75) is 83.2 Å². The zero-order valence-corrected chi connectivity index (χ0v) is 22.3. The summed E-state index contributed by atoms with van der Waals surface area (Å²) in [5, 5.41) is 13.4. The maximum atomic E-state index is 12.0. The summed E-state index contributed by atoms with van der Waals surface area (Å²) in [6.45, 7) is 7.68. The van der Waals surface area contributed by atoms with Crippen molar-refractivity contribution < 1.29 is 9.90 Å². The van der Waals surface area contributed by atoms with Crippen LogP contribution in [0, 0.1) is 17.8 Å². The monoisotopic (exact) mass is 490 g/mol. The predicted octanol–water partition coefficient (Wildman–Crippen LogP) is 6.37. The number of hydrogen-bond acceptors (Lipinski definition) is 3. The summed E-state index contributed by atoms with van der Waals surface area (Å²) < 4.78 is 0. The van der Waals surface area contributed by atoms with Crippen LogP contribution in [-0.4, -0.2) is 47.7 Å². The summed E-state index contributed by atoms with van der Waals surface area (Å²) in [6, 6.07) is 21.6. The van der Waals surface area contributed by atoms with Gasteiger partial charge in [0.15, 0.2) is 0 Å². The van der Waals surface area contributed by atoms with Crippen LogP contribution >= 0.6 is 0 Å². The summed E-state index contributed by atoms with van der Waals surface area (Å²) >= 11 is 0. The van der Waals surface area contributed by atoms with E-state index in [1.807, 2.05) is 0 Å². The van der Waals surface area contributed by atoms with E-state index in [1.54, 1.807) is 0 Å². The third-order valence-electron chi connectivity index (χ3n) is 8.94. The molecule has 2 N–H and O–H groups in total. The van der Waals surface area contributed by atoms with Crippen molar-refractivity contribution in [1.29, 1.82) is 0 Å². The van der Waals surface area contributed by atoms with Gasteiger partial charge >= 0.3 is 5.97 Å². The van der Waals surface area contributed by atoms with Crippen LogP contribution in [-0.2, 0) is 11.2 Å². The second-order valence-electron chi connectivity index (χ2n) is 11.4. The van der Waals surface area contributed by atoms with Gasteiger partial charge in [-0.15, -0.1) is 0 Å². The van der Waals surface area contributed by atoms with Crippen molar-refractivity contribution in [3.8, 4) is 0 Å². The lowest BCUT2D eigenvalue weighted by molar-refractivity contribution is -0.141. The molecule has 36 heavy (non-hydrogen) atoms. The molecule has 4 rings (SSSR count). The smallest absolute Gasteiger partial charge is 0.320 e. The first-order chi connectivity index (χ1) is 17.5. The number of benzene rings is 2. The molecule has 2 fully saturated rings. The number of piperidine rings is 1. The summed E-state index contributed by atoms with van der Waals surface area (Å²) in [6.07, 6.45) is 9.44. The van der Waals surface area contributed by atoms with E-state index in [0.29, 0.717) is 11.8 Å². The molecule has 4 nitrogen and oxygen atoms in total. The van der Waals surface area contributed by atoms with Crippen LogP contribution in [0.25, 0.3) is 0 Å². The molecule has 0 aromatic heterocycles. The number of carbonyl (C=O) groups is 1. The van der Waals surface area contributed by atoms with E-state index in [0.717, 1.165) is 31.7 Å². The van der Waals surface area contributed by atoms with Gasteiger partial charge in [0.05, 0.1) is 0 Å². The Morgan fingerprint density at radius 3 is 2.33 bits per heavy atom. The normalized spacial score (nSPS) is 25.0. The third-order valence-corrected chi connectivity index (χ3v) is 8.94. The van der Waals surface area contributed by atoms with Crippen molar-refractivity contribution in [2.75, 3.05) is 19.6 Å². The lowest BCUT2D eigenvalue weighted by Gasteiger charge is -2.35. The fourth-order valence-electron chi connectivity index (χ4n) is 6.57. The average Bonchev–Trinajstić information content (AvgIpc) is 3.31. The fourth-order valence-corrected chi connectivity index (χ4v) is 6.57. The minimum atomic E-state index is -0.710. The number of aliphatic carboxylic acids is 1. The van der Waals surface area contributed by atoms with Crippen LogP contribution in [0.15, 0.2) is 60.7 Å². The minimum Gasteiger partial charge on any atom is -0.480 e. The highest BCUT2D eigenvalue weighted by atomic mass is 16.4. The number of aryl methyl sites for hydroxylation is 1. The van der Waals surface area contributed by atoms with E-state index in [9.17, 15) is 9.90 Å². The molecule has 1 saturated heterocycles. The highest BCUT2D eigenvalue weighted by Gasteiger charge is 2.38. The highest BCUT2D eigenvalue weighted by molar-refractivity contribution is 5.73. The van der Waals surface area contributed by atoms with Crippen LogP contribution in [0.1, 0.15) is 75.8 Å². The molecule has 1 saturated carbocycles. The minimum absolute atomic E-state index is 0.137. The summed E-state index contributed by atoms with van der Waals surface area (Å²) in [5.74, 6) is 1.36. The molecular formula is C32H46N2O2. The van der Waals surface area contributed by atoms with Crippen molar-refractivity contribution in [2.24, 2.45) is 17.8 Å².